The van der Waals surface area contributed by atoms with Gasteiger partial charge in [0.15, 0.2) is 0 Å². The average Bonchev–Trinajstić information content (AvgIpc) is 2.51. The molecule has 0 saturated heterocycles. The summed E-state index contributed by atoms with van der Waals surface area (Å²) in [7, 11) is 0. The van der Waals surface area contributed by atoms with Crippen LogP contribution in [0.4, 0.5) is 0 Å². The van der Waals surface area contributed by atoms with Gasteiger partial charge in [-0.2, -0.15) is 0 Å². The Morgan fingerprint density at radius 2 is 1.69 bits per heavy atom. The van der Waals surface area contributed by atoms with Gasteiger partial charge in [-0.15, -0.1) is 0 Å². The molecule has 0 nitrogen and oxygen atoms in total. The fourth-order valence-corrected chi connectivity index (χ4v) is 4.18. The molecule has 0 amide bonds. The van der Waals surface area contributed by atoms with Gasteiger partial charge in [0.05, 0.1) is 10.1 Å². The maximum Gasteiger partial charge on any atom is 0.0688 e. The van der Waals surface area contributed by atoms with E-state index in [9.17, 15) is 0 Å². The van der Waals surface area contributed by atoms with Gasteiger partial charge in [0.25, 0.3) is 0 Å². The van der Waals surface area contributed by atoms with Gasteiger partial charge in [-0.3, -0.25) is 0 Å². The van der Waals surface area contributed by atoms with Crippen LogP contribution in [-0.4, -0.2) is 0 Å². The van der Waals surface area contributed by atoms with E-state index in [0.717, 1.165) is 30.8 Å². The standard InChI is InChI=1S/C12H4Br2Cl2/c13-7-4-8(14)10-9-5(7)2-1-3-6(9)11(15)12(10)16/h1-4H. The van der Waals surface area contributed by atoms with E-state index in [1.54, 1.807) is 0 Å². The first-order valence-corrected chi connectivity index (χ1v) is 6.92. The zero-order valence-corrected chi connectivity index (χ0v) is 12.5. The third-order valence-corrected chi connectivity index (χ3v) is 4.86. The largest absolute Gasteiger partial charge is 0.0820 e. The molecule has 16 heavy (non-hydrogen) atoms. The molecule has 0 N–H and O–H groups in total. The van der Waals surface area contributed by atoms with Crippen LogP contribution in [0.3, 0.4) is 0 Å². The summed E-state index contributed by atoms with van der Waals surface area (Å²) in [5.41, 5.74) is 1.99. The molecule has 2 aromatic carbocycles. The van der Waals surface area contributed by atoms with E-state index in [-0.39, 0.29) is 0 Å². The Morgan fingerprint density at radius 3 is 2.44 bits per heavy atom. The molecule has 0 spiro atoms. The summed E-state index contributed by atoms with van der Waals surface area (Å²) in [6.07, 6.45) is 0. The van der Waals surface area contributed by atoms with Crippen LogP contribution < -0.4 is 0 Å². The summed E-state index contributed by atoms with van der Waals surface area (Å²) in [5.74, 6) is 0. The Balaban J connectivity index is 2.62. The fraction of sp³-hybridized carbons (Fsp3) is 0. The first-order chi connectivity index (χ1) is 7.61. The predicted octanol–water partition coefficient (Wildman–Crippen LogP) is 5.98. The molecule has 2 aromatic rings. The molecule has 0 heterocycles. The molecule has 80 valence electrons. The first-order valence-electron chi connectivity index (χ1n) is 4.58. The second-order valence-corrected chi connectivity index (χ2v) is 6.04. The van der Waals surface area contributed by atoms with Crippen molar-refractivity contribution in [3.63, 3.8) is 0 Å². The van der Waals surface area contributed by atoms with E-state index in [2.05, 4.69) is 37.9 Å². The van der Waals surface area contributed by atoms with Crippen LogP contribution in [-0.2, 0) is 0 Å². The molecule has 0 radical (unpaired) electrons. The zero-order chi connectivity index (χ0) is 11.4. The normalized spacial score (nSPS) is 14.0. The topological polar surface area (TPSA) is 0 Å². The summed E-state index contributed by atoms with van der Waals surface area (Å²) in [6.45, 7) is 0. The molecule has 4 heteroatoms. The number of halogens is 4. The molecule has 1 aliphatic carbocycles. The molecular formula is C12H4Br2Cl2. The van der Waals surface area contributed by atoms with E-state index in [4.69, 9.17) is 23.2 Å². The smallest absolute Gasteiger partial charge is 0.0688 e. The summed E-state index contributed by atoms with van der Waals surface area (Å²) in [6, 6.07) is 8.03. The number of benzene rings is 2. The molecule has 0 saturated carbocycles. The Morgan fingerprint density at radius 1 is 0.938 bits per heavy atom. The monoisotopic (exact) mass is 376 g/mol. The highest BCUT2D eigenvalue weighted by Crippen LogP contribution is 2.50. The van der Waals surface area contributed by atoms with Crippen LogP contribution >= 0.6 is 55.1 Å². The van der Waals surface area contributed by atoms with Crippen LogP contribution in [0.1, 0.15) is 11.1 Å². The molecule has 0 aromatic heterocycles. The van der Waals surface area contributed by atoms with E-state index in [1.807, 2.05) is 18.2 Å². The van der Waals surface area contributed by atoms with Gasteiger partial charge in [0.2, 0.25) is 0 Å². The maximum atomic E-state index is 6.26. The van der Waals surface area contributed by atoms with E-state index >= 15 is 0 Å². The Labute approximate surface area is 119 Å². The second-order valence-electron chi connectivity index (χ2n) is 3.57. The van der Waals surface area contributed by atoms with Gasteiger partial charge in [-0.25, -0.2) is 0 Å². The zero-order valence-electron chi connectivity index (χ0n) is 7.82. The van der Waals surface area contributed by atoms with Crippen molar-refractivity contribution >= 4 is 75.9 Å². The van der Waals surface area contributed by atoms with Gasteiger partial charge >= 0.3 is 0 Å². The lowest BCUT2D eigenvalue weighted by Crippen LogP contribution is -1.83. The lowest BCUT2D eigenvalue weighted by molar-refractivity contribution is 1.63. The highest BCUT2D eigenvalue weighted by molar-refractivity contribution is 9.11. The Hall–Kier alpha value is -0.0200. The lowest BCUT2D eigenvalue weighted by atomic mass is 10.0. The minimum absolute atomic E-state index is 0.618. The van der Waals surface area contributed by atoms with E-state index in [0.29, 0.717) is 10.1 Å². The fourth-order valence-electron chi connectivity index (χ4n) is 2.03. The summed E-state index contributed by atoms with van der Waals surface area (Å²) in [4.78, 5) is 0. The van der Waals surface area contributed by atoms with Crippen molar-refractivity contribution < 1.29 is 0 Å². The van der Waals surface area contributed by atoms with Crippen LogP contribution in [0, 0.1) is 0 Å². The number of rotatable bonds is 0. The lowest BCUT2D eigenvalue weighted by Gasteiger charge is -2.07. The van der Waals surface area contributed by atoms with Crippen molar-refractivity contribution in [2.45, 2.75) is 0 Å². The Kier molecular flexibility index (Phi) is 2.59. The van der Waals surface area contributed by atoms with Crippen molar-refractivity contribution in [3.05, 3.63) is 44.3 Å². The van der Waals surface area contributed by atoms with Crippen molar-refractivity contribution in [1.29, 1.82) is 0 Å². The number of hydrogen-bond acceptors (Lipinski definition) is 0. The average molecular weight is 379 g/mol. The van der Waals surface area contributed by atoms with Crippen LogP contribution in [0.25, 0.3) is 20.8 Å². The maximum absolute atomic E-state index is 6.26. The van der Waals surface area contributed by atoms with Crippen molar-refractivity contribution in [2.24, 2.45) is 0 Å². The molecule has 3 rings (SSSR count). The predicted molar refractivity (Wildman–Crippen MR) is 77.9 cm³/mol. The van der Waals surface area contributed by atoms with Gasteiger partial charge in [0.1, 0.15) is 0 Å². The SMILES string of the molecule is ClC1=C(Cl)c2c(Br)cc(Br)c3cccc1c23. The highest BCUT2D eigenvalue weighted by atomic mass is 79.9. The Bertz CT molecular complexity index is 660. The third kappa shape index (κ3) is 1.34. The van der Waals surface area contributed by atoms with E-state index < -0.39 is 0 Å². The molecule has 1 aliphatic rings. The van der Waals surface area contributed by atoms with Crippen LogP contribution in [0.5, 0.6) is 0 Å². The molecule has 0 aliphatic heterocycles. The molecule has 0 atom stereocenters. The van der Waals surface area contributed by atoms with Gasteiger partial charge < -0.3 is 0 Å². The first kappa shape index (κ1) is 11.1. The van der Waals surface area contributed by atoms with Crippen molar-refractivity contribution in [2.75, 3.05) is 0 Å². The van der Waals surface area contributed by atoms with E-state index in [1.165, 1.54) is 0 Å². The molecular weight excluding hydrogens is 375 g/mol. The quantitative estimate of drug-likeness (QED) is 0.528. The number of hydrogen-bond donors (Lipinski definition) is 0. The summed E-state index contributed by atoms with van der Waals surface area (Å²) >= 11 is 19.6. The second kappa shape index (κ2) is 3.74. The highest BCUT2D eigenvalue weighted by Gasteiger charge is 2.24. The van der Waals surface area contributed by atoms with Crippen LogP contribution in [0.15, 0.2) is 33.2 Å². The third-order valence-electron chi connectivity index (χ3n) is 2.71. The van der Waals surface area contributed by atoms with Gasteiger partial charge in [-0.1, -0.05) is 73.3 Å². The minimum Gasteiger partial charge on any atom is -0.0820 e. The van der Waals surface area contributed by atoms with Gasteiger partial charge in [-0.05, 0) is 11.5 Å². The summed E-state index contributed by atoms with van der Waals surface area (Å²) in [5, 5.41) is 3.48. The molecule has 0 bridgehead atoms. The van der Waals surface area contributed by atoms with Crippen molar-refractivity contribution in [3.8, 4) is 0 Å². The van der Waals surface area contributed by atoms with Crippen molar-refractivity contribution in [1.82, 2.24) is 0 Å². The summed E-state index contributed by atoms with van der Waals surface area (Å²) < 4.78 is 2.00. The molecule has 0 unspecified atom stereocenters. The van der Waals surface area contributed by atoms with Crippen LogP contribution in [0.2, 0.25) is 0 Å². The minimum atomic E-state index is 0.618. The molecule has 0 fully saturated rings. The van der Waals surface area contributed by atoms with Gasteiger partial charge in [0, 0.05) is 25.5 Å².